The lowest BCUT2D eigenvalue weighted by Gasteiger charge is -2.25. The molecule has 1 aromatic carbocycles. The maximum Gasteiger partial charge on any atom is 0.276 e. The normalized spacial score (nSPS) is 18.6. The van der Waals surface area contributed by atoms with Gasteiger partial charge in [-0.1, -0.05) is 53.8 Å². The molecule has 0 N–H and O–H groups in total. The minimum Gasteiger partial charge on any atom is -0.329 e. The fourth-order valence-electron chi connectivity index (χ4n) is 3.05. The van der Waals surface area contributed by atoms with Gasteiger partial charge in [-0.25, -0.2) is 13.1 Å². The van der Waals surface area contributed by atoms with Crippen molar-refractivity contribution in [3.05, 3.63) is 66.5 Å². The minimum absolute atomic E-state index is 0.0134. The molecule has 0 spiro atoms. The lowest BCUT2D eigenvalue weighted by molar-refractivity contribution is 0.0714. The lowest BCUT2D eigenvalue weighted by Crippen LogP contribution is -2.41. The van der Waals surface area contributed by atoms with Gasteiger partial charge in [-0.15, -0.1) is 11.7 Å². The van der Waals surface area contributed by atoms with Crippen LogP contribution in [0.3, 0.4) is 0 Å². The van der Waals surface area contributed by atoms with Crippen molar-refractivity contribution < 1.29 is 13.2 Å². The molecule has 2 aromatic rings. The predicted molar refractivity (Wildman–Crippen MR) is 104 cm³/mol. The predicted octanol–water partition coefficient (Wildman–Crippen LogP) is 1.81. The Balaban J connectivity index is 1.67. The van der Waals surface area contributed by atoms with Gasteiger partial charge in [0.1, 0.15) is 0 Å². The van der Waals surface area contributed by atoms with Gasteiger partial charge in [-0.3, -0.25) is 4.79 Å². The molecule has 0 saturated carbocycles. The van der Waals surface area contributed by atoms with Crippen LogP contribution >= 0.6 is 0 Å². The standard InChI is InChI=1S/C19H22N4O3S/c1-2-11-23(17-10-13-27(25,26)15-17)19(24)18-14-22(21-20-18)12-6-9-16-7-4-3-5-8-16/h2-9,14,17H,1,10-13,15H2/b9-6+/t17-/m0/s1. The van der Waals surface area contributed by atoms with Crippen molar-refractivity contribution in [1.82, 2.24) is 19.9 Å². The van der Waals surface area contributed by atoms with E-state index in [-0.39, 0.29) is 35.7 Å². The number of nitrogens with zero attached hydrogens (tertiary/aromatic N) is 4. The van der Waals surface area contributed by atoms with E-state index in [0.717, 1.165) is 5.56 Å². The summed E-state index contributed by atoms with van der Waals surface area (Å²) in [5, 5.41) is 7.95. The molecule has 1 aliphatic rings. The number of hydrogen-bond acceptors (Lipinski definition) is 5. The van der Waals surface area contributed by atoms with Crippen LogP contribution in [-0.4, -0.2) is 58.3 Å². The first-order valence-electron chi connectivity index (χ1n) is 8.72. The first-order chi connectivity index (χ1) is 13.0. The number of carbonyl (C=O) groups is 1. The molecule has 8 heteroatoms. The van der Waals surface area contributed by atoms with Crippen LogP contribution in [0.4, 0.5) is 0 Å². The Bertz CT molecular complexity index is 935. The number of hydrogen-bond donors (Lipinski definition) is 0. The fourth-order valence-corrected chi connectivity index (χ4v) is 4.78. The van der Waals surface area contributed by atoms with E-state index < -0.39 is 9.84 Å². The minimum atomic E-state index is -3.09. The van der Waals surface area contributed by atoms with Crippen LogP contribution in [0, 0.1) is 0 Å². The van der Waals surface area contributed by atoms with Crippen LogP contribution in [0.2, 0.25) is 0 Å². The highest BCUT2D eigenvalue weighted by Crippen LogP contribution is 2.19. The molecule has 1 aromatic heterocycles. The summed E-state index contributed by atoms with van der Waals surface area (Å²) in [6.45, 7) is 4.42. The van der Waals surface area contributed by atoms with Gasteiger partial charge in [0.05, 0.1) is 24.2 Å². The number of allylic oxidation sites excluding steroid dienone is 1. The van der Waals surface area contributed by atoms with Crippen LogP contribution in [0.1, 0.15) is 22.5 Å². The smallest absolute Gasteiger partial charge is 0.276 e. The lowest BCUT2D eigenvalue weighted by atomic mass is 10.2. The molecule has 1 aliphatic heterocycles. The van der Waals surface area contributed by atoms with E-state index in [1.54, 1.807) is 17.0 Å². The van der Waals surface area contributed by atoms with Gasteiger partial charge in [0.25, 0.3) is 5.91 Å². The van der Waals surface area contributed by atoms with E-state index in [1.165, 1.54) is 4.90 Å². The van der Waals surface area contributed by atoms with Crippen LogP contribution < -0.4 is 0 Å². The molecule has 0 radical (unpaired) electrons. The van der Waals surface area contributed by atoms with Crippen molar-refractivity contribution in [1.29, 1.82) is 0 Å². The maximum absolute atomic E-state index is 12.8. The Morgan fingerprint density at radius 1 is 1.33 bits per heavy atom. The number of amides is 1. The Kier molecular flexibility index (Phi) is 5.85. The Morgan fingerprint density at radius 3 is 2.78 bits per heavy atom. The summed E-state index contributed by atoms with van der Waals surface area (Å²) in [7, 11) is -3.09. The van der Waals surface area contributed by atoms with Crippen molar-refractivity contribution in [3.8, 4) is 0 Å². The summed E-state index contributed by atoms with van der Waals surface area (Å²) in [5.41, 5.74) is 1.28. The first kappa shape index (κ1) is 19.0. The Morgan fingerprint density at radius 2 is 2.11 bits per heavy atom. The molecule has 3 rings (SSSR count). The highest BCUT2D eigenvalue weighted by molar-refractivity contribution is 7.91. The highest BCUT2D eigenvalue weighted by Gasteiger charge is 2.35. The van der Waals surface area contributed by atoms with E-state index in [9.17, 15) is 13.2 Å². The summed E-state index contributed by atoms with van der Waals surface area (Å²) in [4.78, 5) is 14.3. The van der Waals surface area contributed by atoms with Gasteiger partial charge in [-0.2, -0.15) is 0 Å². The van der Waals surface area contributed by atoms with Crippen molar-refractivity contribution in [2.45, 2.75) is 19.0 Å². The van der Waals surface area contributed by atoms with E-state index in [1.807, 2.05) is 42.5 Å². The second-order valence-corrected chi connectivity index (χ2v) is 8.67. The fraction of sp³-hybridized carbons (Fsp3) is 0.316. The quantitative estimate of drug-likeness (QED) is 0.678. The van der Waals surface area contributed by atoms with Crippen molar-refractivity contribution in [3.63, 3.8) is 0 Å². The van der Waals surface area contributed by atoms with E-state index in [4.69, 9.17) is 0 Å². The van der Waals surface area contributed by atoms with E-state index in [0.29, 0.717) is 13.0 Å². The third kappa shape index (κ3) is 4.91. The van der Waals surface area contributed by atoms with Gasteiger partial charge in [-0.05, 0) is 12.0 Å². The average molecular weight is 386 g/mol. The third-order valence-electron chi connectivity index (χ3n) is 4.40. The van der Waals surface area contributed by atoms with Crippen molar-refractivity contribution in [2.24, 2.45) is 0 Å². The molecule has 0 aliphatic carbocycles. The summed E-state index contributed by atoms with van der Waals surface area (Å²) in [5.74, 6) is -0.230. The van der Waals surface area contributed by atoms with Crippen molar-refractivity contribution in [2.75, 3.05) is 18.1 Å². The second-order valence-electron chi connectivity index (χ2n) is 6.44. The second kappa shape index (κ2) is 8.30. The van der Waals surface area contributed by atoms with Gasteiger partial charge in [0.2, 0.25) is 0 Å². The van der Waals surface area contributed by atoms with Crippen LogP contribution in [-0.2, 0) is 16.4 Å². The van der Waals surface area contributed by atoms with Gasteiger partial charge in [0.15, 0.2) is 15.5 Å². The molecular weight excluding hydrogens is 364 g/mol. The third-order valence-corrected chi connectivity index (χ3v) is 6.15. The number of carbonyl (C=O) groups excluding carboxylic acids is 1. The zero-order chi connectivity index (χ0) is 19.3. The van der Waals surface area contributed by atoms with Crippen LogP contribution in [0.25, 0.3) is 6.08 Å². The van der Waals surface area contributed by atoms with Gasteiger partial charge < -0.3 is 4.90 Å². The molecule has 1 atom stereocenters. The topological polar surface area (TPSA) is 85.2 Å². The molecule has 1 amide bonds. The maximum atomic E-state index is 12.8. The summed E-state index contributed by atoms with van der Waals surface area (Å²) in [6, 6.07) is 9.53. The monoisotopic (exact) mass is 386 g/mol. The molecule has 1 saturated heterocycles. The Labute approximate surface area is 158 Å². The molecule has 0 bridgehead atoms. The van der Waals surface area contributed by atoms with E-state index >= 15 is 0 Å². The van der Waals surface area contributed by atoms with E-state index in [2.05, 4.69) is 16.9 Å². The molecule has 142 valence electrons. The first-order valence-corrected chi connectivity index (χ1v) is 10.5. The van der Waals surface area contributed by atoms with Gasteiger partial charge >= 0.3 is 0 Å². The number of sulfone groups is 1. The van der Waals surface area contributed by atoms with Crippen LogP contribution in [0.5, 0.6) is 0 Å². The van der Waals surface area contributed by atoms with Crippen LogP contribution in [0.15, 0.2) is 55.3 Å². The summed E-state index contributed by atoms with van der Waals surface area (Å²) >= 11 is 0. The van der Waals surface area contributed by atoms with Gasteiger partial charge in [0, 0.05) is 12.6 Å². The average Bonchev–Trinajstić information content (AvgIpc) is 3.26. The zero-order valence-corrected chi connectivity index (χ0v) is 15.8. The largest absolute Gasteiger partial charge is 0.329 e. The molecule has 2 heterocycles. The SMILES string of the molecule is C=CCN(C(=O)c1cn(C/C=C/c2ccccc2)nn1)[C@H]1CCS(=O)(=O)C1. The molecule has 1 fully saturated rings. The number of aromatic nitrogens is 3. The summed E-state index contributed by atoms with van der Waals surface area (Å²) < 4.78 is 25.1. The molecule has 7 nitrogen and oxygen atoms in total. The number of rotatable bonds is 7. The van der Waals surface area contributed by atoms with Crippen molar-refractivity contribution >= 4 is 21.8 Å². The summed E-state index contributed by atoms with van der Waals surface area (Å²) in [6.07, 6.45) is 7.52. The number of benzene rings is 1. The Hall–Kier alpha value is -2.74. The zero-order valence-electron chi connectivity index (χ0n) is 14.9. The molecule has 27 heavy (non-hydrogen) atoms. The molecule has 0 unspecified atom stereocenters. The molecular formula is C19H22N4O3S. The highest BCUT2D eigenvalue weighted by atomic mass is 32.2.